The zero-order valence-electron chi connectivity index (χ0n) is 14.2. The fourth-order valence-corrected chi connectivity index (χ4v) is 3.24. The van der Waals surface area contributed by atoms with E-state index < -0.39 is 0 Å². The van der Waals surface area contributed by atoms with Crippen molar-refractivity contribution in [3.63, 3.8) is 0 Å². The maximum atomic E-state index is 5.20. The molecule has 0 amide bonds. The lowest BCUT2D eigenvalue weighted by Crippen LogP contribution is -2.35. The van der Waals surface area contributed by atoms with Crippen LogP contribution in [-0.2, 0) is 0 Å². The summed E-state index contributed by atoms with van der Waals surface area (Å²) in [4.78, 5) is 15.7. The Morgan fingerprint density at radius 2 is 2.12 bits per heavy atom. The highest BCUT2D eigenvalue weighted by atomic mass is 16.5. The van der Waals surface area contributed by atoms with E-state index in [1.165, 1.54) is 0 Å². The molecule has 0 aromatic carbocycles. The highest BCUT2D eigenvalue weighted by molar-refractivity contribution is 5.49. The molecular weight excluding hydrogens is 306 g/mol. The van der Waals surface area contributed by atoms with Crippen molar-refractivity contribution in [2.75, 3.05) is 11.4 Å². The van der Waals surface area contributed by atoms with Gasteiger partial charge in [0.25, 0.3) is 5.78 Å². The van der Waals surface area contributed by atoms with Gasteiger partial charge in [-0.15, -0.1) is 0 Å². The quantitative estimate of drug-likeness (QED) is 0.731. The third-order valence-electron chi connectivity index (χ3n) is 4.48. The van der Waals surface area contributed by atoms with Gasteiger partial charge in [0.05, 0.1) is 11.7 Å². The highest BCUT2D eigenvalue weighted by Crippen LogP contribution is 2.34. The van der Waals surface area contributed by atoms with Crippen LogP contribution < -0.4 is 4.90 Å². The Kier molecular flexibility index (Phi) is 3.66. The van der Waals surface area contributed by atoms with Crippen molar-refractivity contribution in [3.05, 3.63) is 29.8 Å². The molecule has 4 heterocycles. The van der Waals surface area contributed by atoms with E-state index >= 15 is 0 Å². The van der Waals surface area contributed by atoms with Crippen LogP contribution in [0.1, 0.15) is 62.5 Å². The van der Waals surface area contributed by atoms with Crippen molar-refractivity contribution in [1.29, 1.82) is 0 Å². The molecule has 8 heteroatoms. The molecule has 8 nitrogen and oxygen atoms in total. The second-order valence-electron chi connectivity index (χ2n) is 6.54. The fraction of sp³-hybridized carbons (Fsp3) is 0.562. The Balaban J connectivity index is 1.83. The number of aryl methyl sites for hydroxylation is 1. The summed E-state index contributed by atoms with van der Waals surface area (Å²) in [6.07, 6.45) is 4.82. The summed E-state index contributed by atoms with van der Waals surface area (Å²) in [7, 11) is 0. The largest absolute Gasteiger partial charge is 0.346 e. The summed E-state index contributed by atoms with van der Waals surface area (Å²) in [5.74, 6) is 3.28. The van der Waals surface area contributed by atoms with Gasteiger partial charge in [-0.3, -0.25) is 0 Å². The number of piperidine rings is 1. The van der Waals surface area contributed by atoms with Crippen LogP contribution in [0.3, 0.4) is 0 Å². The molecule has 1 fully saturated rings. The predicted octanol–water partition coefficient (Wildman–Crippen LogP) is 2.67. The van der Waals surface area contributed by atoms with Crippen LogP contribution in [0, 0.1) is 6.92 Å². The zero-order valence-corrected chi connectivity index (χ0v) is 14.2. The van der Waals surface area contributed by atoms with E-state index in [1.54, 1.807) is 10.8 Å². The maximum Gasteiger partial charge on any atom is 0.254 e. The van der Waals surface area contributed by atoms with Gasteiger partial charge in [-0.2, -0.15) is 19.6 Å². The van der Waals surface area contributed by atoms with E-state index in [2.05, 4.69) is 50.0 Å². The predicted molar refractivity (Wildman–Crippen MR) is 87.8 cm³/mol. The lowest BCUT2D eigenvalue weighted by molar-refractivity contribution is 0.371. The van der Waals surface area contributed by atoms with Crippen LogP contribution in [-0.4, -0.2) is 36.3 Å². The normalized spacial score (nSPS) is 18.7. The molecule has 0 radical (unpaired) electrons. The minimum Gasteiger partial charge on any atom is -0.346 e. The molecule has 1 saturated heterocycles. The molecule has 126 valence electrons. The number of aromatic nitrogens is 6. The molecule has 0 aliphatic carbocycles. The summed E-state index contributed by atoms with van der Waals surface area (Å²) < 4.78 is 7.00. The van der Waals surface area contributed by atoms with Crippen molar-refractivity contribution < 1.29 is 4.52 Å². The van der Waals surface area contributed by atoms with Gasteiger partial charge in [-0.1, -0.05) is 19.0 Å². The molecule has 1 aliphatic heterocycles. The van der Waals surface area contributed by atoms with E-state index in [4.69, 9.17) is 4.52 Å². The smallest absolute Gasteiger partial charge is 0.254 e. The topological polar surface area (TPSA) is 85.2 Å². The van der Waals surface area contributed by atoms with Gasteiger partial charge in [0, 0.05) is 19.5 Å². The number of anilines is 1. The number of hydrogen-bond donors (Lipinski definition) is 0. The fourth-order valence-electron chi connectivity index (χ4n) is 3.24. The van der Waals surface area contributed by atoms with Crippen molar-refractivity contribution in [2.45, 2.75) is 52.0 Å². The Morgan fingerprint density at radius 1 is 1.25 bits per heavy atom. The Morgan fingerprint density at radius 3 is 2.88 bits per heavy atom. The molecule has 0 spiro atoms. The summed E-state index contributed by atoms with van der Waals surface area (Å²) in [6, 6.07) is 2.20. The second kappa shape index (κ2) is 5.85. The molecule has 24 heavy (non-hydrogen) atoms. The van der Waals surface area contributed by atoms with Gasteiger partial charge >= 0.3 is 0 Å². The molecule has 3 aromatic heterocycles. The second-order valence-corrected chi connectivity index (χ2v) is 6.54. The monoisotopic (exact) mass is 327 g/mol. The number of nitrogens with zero attached hydrogens (tertiary/aromatic N) is 7. The molecule has 0 bridgehead atoms. The van der Waals surface area contributed by atoms with Crippen molar-refractivity contribution in [2.24, 2.45) is 0 Å². The molecular formula is C16H21N7O. The molecule has 0 saturated carbocycles. The van der Waals surface area contributed by atoms with Crippen LogP contribution in [0.15, 0.2) is 16.9 Å². The standard InChI is InChI=1S/C16H21N7O/c1-10(2)12-8-14(23-16(20-12)17-9-18-23)22-7-5-4-6-13(22)15-19-11(3)24-21-15/h8-10,13H,4-7H2,1-3H3/t13-/m0/s1. The lowest BCUT2D eigenvalue weighted by atomic mass is 10.0. The van der Waals surface area contributed by atoms with Gasteiger partial charge in [0.15, 0.2) is 5.82 Å². The first kappa shape index (κ1) is 15.0. The third-order valence-corrected chi connectivity index (χ3v) is 4.48. The molecule has 3 aromatic rings. The Hall–Kier alpha value is -2.51. The van der Waals surface area contributed by atoms with Crippen molar-refractivity contribution >= 4 is 11.6 Å². The van der Waals surface area contributed by atoms with Crippen LogP contribution in [0.25, 0.3) is 5.78 Å². The van der Waals surface area contributed by atoms with Crippen LogP contribution in [0.5, 0.6) is 0 Å². The maximum absolute atomic E-state index is 5.20. The van der Waals surface area contributed by atoms with Gasteiger partial charge < -0.3 is 9.42 Å². The van der Waals surface area contributed by atoms with Crippen LogP contribution in [0.4, 0.5) is 5.82 Å². The summed E-state index contributed by atoms with van der Waals surface area (Å²) >= 11 is 0. The minimum atomic E-state index is 0.0889. The number of hydrogen-bond acceptors (Lipinski definition) is 7. The van der Waals surface area contributed by atoms with E-state index in [0.29, 0.717) is 17.6 Å². The van der Waals surface area contributed by atoms with Crippen LogP contribution in [0.2, 0.25) is 0 Å². The Labute approximate surface area is 139 Å². The van der Waals surface area contributed by atoms with E-state index in [9.17, 15) is 0 Å². The third kappa shape index (κ3) is 2.51. The average molecular weight is 327 g/mol. The summed E-state index contributed by atoms with van der Waals surface area (Å²) in [5.41, 5.74) is 1.01. The first-order chi connectivity index (χ1) is 11.6. The van der Waals surface area contributed by atoms with Gasteiger partial charge in [-0.05, 0) is 25.2 Å². The first-order valence-electron chi connectivity index (χ1n) is 8.41. The molecule has 1 aliphatic rings. The van der Waals surface area contributed by atoms with E-state index in [1.807, 2.05) is 6.92 Å². The lowest BCUT2D eigenvalue weighted by Gasteiger charge is -2.35. The zero-order chi connectivity index (χ0) is 16.7. The van der Waals surface area contributed by atoms with Crippen LogP contribution >= 0.6 is 0 Å². The van der Waals surface area contributed by atoms with Gasteiger partial charge in [-0.25, -0.2) is 4.98 Å². The number of fused-ring (bicyclic) bond motifs is 1. The molecule has 4 rings (SSSR count). The molecule has 1 atom stereocenters. The Bertz CT molecular complexity index is 853. The van der Waals surface area contributed by atoms with E-state index in [-0.39, 0.29) is 6.04 Å². The summed E-state index contributed by atoms with van der Waals surface area (Å²) in [6.45, 7) is 7.02. The SMILES string of the molecule is Cc1nc([C@@H]2CCCCN2c2cc(C(C)C)nc3ncnn23)no1. The van der Waals surface area contributed by atoms with Gasteiger partial charge in [0.1, 0.15) is 12.1 Å². The van der Waals surface area contributed by atoms with Gasteiger partial charge in [0.2, 0.25) is 5.89 Å². The van der Waals surface area contributed by atoms with E-state index in [0.717, 1.165) is 43.1 Å². The van der Waals surface area contributed by atoms with Crippen molar-refractivity contribution in [1.82, 2.24) is 29.7 Å². The molecule has 0 unspecified atom stereocenters. The molecule has 0 N–H and O–H groups in total. The first-order valence-corrected chi connectivity index (χ1v) is 8.41. The van der Waals surface area contributed by atoms with Crippen molar-refractivity contribution in [3.8, 4) is 0 Å². The highest BCUT2D eigenvalue weighted by Gasteiger charge is 2.30. The number of rotatable bonds is 3. The average Bonchev–Trinajstić information content (AvgIpc) is 3.22. The minimum absolute atomic E-state index is 0.0889. The summed E-state index contributed by atoms with van der Waals surface area (Å²) in [5, 5.41) is 8.52.